The number of nitrogens with one attached hydrogen (secondary N) is 1. The molecule has 5 nitrogen and oxygen atoms in total. The fraction of sp³-hybridized carbons (Fsp3) is 0.125. The number of amides is 1. The quantitative estimate of drug-likeness (QED) is 0.780. The second-order valence-corrected chi connectivity index (χ2v) is 5.52. The zero-order valence-electron chi connectivity index (χ0n) is 11.9. The predicted octanol–water partition coefficient (Wildman–Crippen LogP) is 2.88. The Morgan fingerprint density at radius 2 is 1.87 bits per heavy atom. The summed E-state index contributed by atoms with van der Waals surface area (Å²) in [5.74, 6) is -1.92. The fourth-order valence-electron chi connectivity index (χ4n) is 1.74. The summed E-state index contributed by atoms with van der Waals surface area (Å²) in [4.78, 5) is 23.5. The van der Waals surface area contributed by atoms with Crippen molar-refractivity contribution in [2.75, 3.05) is 11.9 Å². The summed E-state index contributed by atoms with van der Waals surface area (Å²) in [6.45, 7) is -0.660. The molecule has 2 aromatic carbocycles. The Kier molecular flexibility index (Phi) is 5.84. The molecule has 0 aliphatic rings. The molecule has 0 bridgehead atoms. The molecule has 0 aliphatic heterocycles. The van der Waals surface area contributed by atoms with Crippen LogP contribution in [0.3, 0.4) is 0 Å². The highest BCUT2D eigenvalue weighted by Crippen LogP contribution is 2.19. The maximum atomic E-state index is 13.6. The summed E-state index contributed by atoms with van der Waals surface area (Å²) < 4.78 is 19.0. The monoisotopic (exact) mass is 381 g/mol. The van der Waals surface area contributed by atoms with E-state index in [4.69, 9.17) is 9.84 Å². The average Bonchev–Trinajstić information content (AvgIpc) is 2.55. The summed E-state index contributed by atoms with van der Waals surface area (Å²) in [6.07, 6.45) is 0. The molecule has 0 radical (unpaired) electrons. The van der Waals surface area contributed by atoms with Gasteiger partial charge in [0.2, 0.25) is 0 Å². The number of hydrogen-bond acceptors (Lipinski definition) is 4. The number of rotatable bonds is 5. The molecule has 0 fully saturated rings. The van der Waals surface area contributed by atoms with Gasteiger partial charge in [-0.3, -0.25) is 4.79 Å². The largest absolute Gasteiger partial charge is 0.452 e. The Labute approximate surface area is 140 Å². The number of aliphatic hydroxyl groups is 1. The number of aliphatic hydroxyl groups excluding tert-OH is 1. The van der Waals surface area contributed by atoms with E-state index >= 15 is 0 Å². The van der Waals surface area contributed by atoms with Gasteiger partial charge in [0.05, 0.1) is 17.9 Å². The molecule has 7 heteroatoms. The van der Waals surface area contributed by atoms with Crippen molar-refractivity contribution in [2.45, 2.75) is 6.61 Å². The van der Waals surface area contributed by atoms with Gasteiger partial charge in [-0.2, -0.15) is 0 Å². The van der Waals surface area contributed by atoms with Crippen LogP contribution in [-0.2, 0) is 16.1 Å². The van der Waals surface area contributed by atoms with E-state index in [9.17, 15) is 14.0 Å². The third kappa shape index (κ3) is 4.87. The highest BCUT2D eigenvalue weighted by Gasteiger charge is 2.12. The van der Waals surface area contributed by atoms with Crippen molar-refractivity contribution >= 4 is 33.5 Å². The second kappa shape index (κ2) is 7.85. The Balaban J connectivity index is 1.89. The minimum absolute atomic E-state index is 0.00143. The van der Waals surface area contributed by atoms with Gasteiger partial charge in [-0.15, -0.1) is 0 Å². The van der Waals surface area contributed by atoms with E-state index in [1.54, 1.807) is 18.2 Å². The molecule has 0 unspecified atom stereocenters. The summed E-state index contributed by atoms with van der Waals surface area (Å²) in [7, 11) is 0. The highest BCUT2D eigenvalue weighted by molar-refractivity contribution is 9.10. The Morgan fingerprint density at radius 3 is 2.48 bits per heavy atom. The predicted molar refractivity (Wildman–Crippen MR) is 85.4 cm³/mol. The van der Waals surface area contributed by atoms with Gasteiger partial charge in [0.15, 0.2) is 6.61 Å². The van der Waals surface area contributed by atoms with Crippen molar-refractivity contribution < 1.29 is 23.8 Å². The molecule has 23 heavy (non-hydrogen) atoms. The first-order valence-electron chi connectivity index (χ1n) is 6.61. The number of anilines is 1. The first kappa shape index (κ1) is 17.1. The lowest BCUT2D eigenvalue weighted by atomic mass is 10.1. The van der Waals surface area contributed by atoms with Crippen LogP contribution in [-0.4, -0.2) is 23.6 Å². The van der Waals surface area contributed by atoms with E-state index < -0.39 is 24.3 Å². The lowest BCUT2D eigenvalue weighted by molar-refractivity contribution is -0.119. The van der Waals surface area contributed by atoms with Crippen LogP contribution in [0.2, 0.25) is 0 Å². The third-order valence-corrected chi connectivity index (χ3v) is 3.41. The van der Waals surface area contributed by atoms with Gasteiger partial charge >= 0.3 is 5.97 Å². The number of benzene rings is 2. The molecule has 0 spiro atoms. The lowest BCUT2D eigenvalue weighted by Crippen LogP contribution is -2.21. The molecule has 0 saturated carbocycles. The van der Waals surface area contributed by atoms with Gasteiger partial charge in [-0.05, 0) is 35.9 Å². The van der Waals surface area contributed by atoms with E-state index in [2.05, 4.69) is 21.2 Å². The van der Waals surface area contributed by atoms with Gasteiger partial charge in [0.25, 0.3) is 5.91 Å². The van der Waals surface area contributed by atoms with E-state index in [-0.39, 0.29) is 17.9 Å². The van der Waals surface area contributed by atoms with Gasteiger partial charge < -0.3 is 15.2 Å². The van der Waals surface area contributed by atoms with Crippen molar-refractivity contribution in [3.63, 3.8) is 0 Å². The molecule has 1 amide bonds. The molecule has 2 rings (SSSR count). The number of carbonyl (C=O) groups is 2. The highest BCUT2D eigenvalue weighted by atomic mass is 79.9. The number of carbonyl (C=O) groups excluding carboxylic acids is 2. The van der Waals surface area contributed by atoms with Crippen molar-refractivity contribution in [2.24, 2.45) is 0 Å². The number of hydrogen-bond donors (Lipinski definition) is 2. The van der Waals surface area contributed by atoms with Crippen LogP contribution in [0.5, 0.6) is 0 Å². The third-order valence-electron chi connectivity index (χ3n) is 2.91. The molecule has 0 heterocycles. The van der Waals surface area contributed by atoms with E-state index in [0.29, 0.717) is 10.0 Å². The van der Waals surface area contributed by atoms with Crippen LogP contribution in [0.1, 0.15) is 15.9 Å². The van der Waals surface area contributed by atoms with Crippen molar-refractivity contribution in [1.29, 1.82) is 0 Å². The van der Waals surface area contributed by atoms with E-state index in [1.807, 2.05) is 0 Å². The fourth-order valence-corrected chi connectivity index (χ4v) is 2.07. The van der Waals surface area contributed by atoms with Crippen LogP contribution in [0, 0.1) is 5.82 Å². The van der Waals surface area contributed by atoms with Crippen LogP contribution in [0.25, 0.3) is 0 Å². The normalized spacial score (nSPS) is 10.2. The second-order valence-electron chi connectivity index (χ2n) is 4.60. The van der Waals surface area contributed by atoms with Crippen LogP contribution >= 0.6 is 15.9 Å². The smallest absolute Gasteiger partial charge is 0.338 e. The maximum absolute atomic E-state index is 13.6. The van der Waals surface area contributed by atoms with Crippen LogP contribution < -0.4 is 5.32 Å². The molecule has 120 valence electrons. The Hall–Kier alpha value is -2.25. The minimum Gasteiger partial charge on any atom is -0.452 e. The topological polar surface area (TPSA) is 75.6 Å². The molecular formula is C16H13BrFNO4. The average molecular weight is 382 g/mol. The first-order chi connectivity index (χ1) is 11.0. The minimum atomic E-state index is -0.680. The zero-order valence-corrected chi connectivity index (χ0v) is 13.5. The SMILES string of the molecule is O=C(COC(=O)c1ccc(CO)cc1)Nc1ccc(Br)cc1F. The summed E-state index contributed by atoms with van der Waals surface area (Å²) in [5.41, 5.74) is 0.913. The van der Waals surface area contributed by atoms with Crippen LogP contribution in [0.15, 0.2) is 46.9 Å². The number of esters is 1. The van der Waals surface area contributed by atoms with Crippen molar-refractivity contribution in [3.05, 3.63) is 63.9 Å². The Bertz CT molecular complexity index is 719. The van der Waals surface area contributed by atoms with Crippen molar-refractivity contribution in [1.82, 2.24) is 0 Å². The molecule has 2 N–H and O–H groups in total. The van der Waals surface area contributed by atoms with E-state index in [0.717, 1.165) is 0 Å². The van der Waals surface area contributed by atoms with Crippen molar-refractivity contribution in [3.8, 4) is 0 Å². The summed E-state index contributed by atoms with van der Waals surface area (Å²) >= 11 is 3.11. The van der Waals surface area contributed by atoms with E-state index in [1.165, 1.54) is 24.3 Å². The standard InChI is InChI=1S/C16H13BrFNO4/c17-12-5-6-14(13(18)7-12)19-15(21)9-23-16(22)11-3-1-10(8-20)2-4-11/h1-7,20H,8-9H2,(H,19,21). The Morgan fingerprint density at radius 1 is 1.17 bits per heavy atom. The molecule has 0 aliphatic carbocycles. The number of ether oxygens (including phenoxy) is 1. The van der Waals surface area contributed by atoms with Gasteiger partial charge in [-0.25, -0.2) is 9.18 Å². The first-order valence-corrected chi connectivity index (χ1v) is 7.40. The molecule has 2 aromatic rings. The molecule has 0 saturated heterocycles. The zero-order chi connectivity index (χ0) is 16.8. The summed E-state index contributed by atoms with van der Waals surface area (Å²) in [6, 6.07) is 10.3. The van der Waals surface area contributed by atoms with Crippen LogP contribution in [0.4, 0.5) is 10.1 Å². The molecular weight excluding hydrogens is 369 g/mol. The lowest BCUT2D eigenvalue weighted by Gasteiger charge is -2.08. The molecule has 0 aromatic heterocycles. The van der Waals surface area contributed by atoms with Gasteiger partial charge in [0.1, 0.15) is 5.82 Å². The van der Waals surface area contributed by atoms with Gasteiger partial charge in [-0.1, -0.05) is 28.1 Å². The van der Waals surface area contributed by atoms with Gasteiger partial charge in [0, 0.05) is 4.47 Å². The summed E-state index contributed by atoms with van der Waals surface area (Å²) in [5, 5.41) is 11.2. The number of halogens is 2. The maximum Gasteiger partial charge on any atom is 0.338 e. The molecule has 0 atom stereocenters.